The third-order valence-electron chi connectivity index (χ3n) is 3.90. The Balaban J connectivity index is 2.11. The third kappa shape index (κ3) is 2.60. The van der Waals surface area contributed by atoms with Crippen molar-refractivity contribution in [2.45, 2.75) is 46.1 Å². The Morgan fingerprint density at radius 2 is 2.10 bits per heavy atom. The first kappa shape index (κ1) is 14.3. The maximum absolute atomic E-state index is 12.7. The lowest BCUT2D eigenvalue weighted by atomic mass is 9.94. The smallest absolute Gasteiger partial charge is 0.261 e. The minimum absolute atomic E-state index is 0.0670. The van der Waals surface area contributed by atoms with Crippen molar-refractivity contribution in [2.24, 2.45) is 0 Å². The van der Waals surface area contributed by atoms with Crippen LogP contribution in [-0.2, 0) is 19.4 Å². The van der Waals surface area contributed by atoms with E-state index >= 15 is 0 Å². The van der Waals surface area contributed by atoms with Crippen LogP contribution in [0.4, 0.5) is 5.13 Å². The van der Waals surface area contributed by atoms with Crippen LogP contribution in [0, 0.1) is 0 Å². The fourth-order valence-corrected chi connectivity index (χ4v) is 3.74. The van der Waals surface area contributed by atoms with Gasteiger partial charge in [-0.1, -0.05) is 11.3 Å². The zero-order valence-corrected chi connectivity index (χ0v) is 13.3. The third-order valence-corrected chi connectivity index (χ3v) is 4.81. The van der Waals surface area contributed by atoms with Gasteiger partial charge >= 0.3 is 0 Å². The molecular formula is C15H20N4OS. The molecule has 3 rings (SSSR count). The van der Waals surface area contributed by atoms with Crippen LogP contribution < -0.4 is 10.9 Å². The van der Waals surface area contributed by atoms with Gasteiger partial charge in [-0.2, -0.15) is 0 Å². The van der Waals surface area contributed by atoms with Crippen LogP contribution in [0.2, 0.25) is 0 Å². The van der Waals surface area contributed by atoms with Crippen molar-refractivity contribution in [3.05, 3.63) is 27.7 Å². The molecule has 6 heteroatoms. The number of pyridine rings is 1. The van der Waals surface area contributed by atoms with Crippen molar-refractivity contribution in [3.8, 4) is 10.6 Å². The summed E-state index contributed by atoms with van der Waals surface area (Å²) in [5.74, 6) is 0. The Bertz CT molecular complexity index is 704. The molecule has 0 radical (unpaired) electrons. The van der Waals surface area contributed by atoms with E-state index in [1.54, 1.807) is 0 Å². The number of rotatable bonds is 4. The summed E-state index contributed by atoms with van der Waals surface area (Å²) >= 11 is 1.45. The molecule has 0 aliphatic heterocycles. The van der Waals surface area contributed by atoms with E-state index in [4.69, 9.17) is 0 Å². The fourth-order valence-electron chi connectivity index (χ4n) is 2.92. The Morgan fingerprint density at radius 3 is 2.86 bits per heavy atom. The van der Waals surface area contributed by atoms with Gasteiger partial charge in [-0.15, -0.1) is 10.2 Å². The Kier molecular flexibility index (Phi) is 4.05. The summed E-state index contributed by atoms with van der Waals surface area (Å²) < 4.78 is 1.91. The second-order valence-corrected chi connectivity index (χ2v) is 6.21. The van der Waals surface area contributed by atoms with Crippen molar-refractivity contribution in [1.82, 2.24) is 14.8 Å². The average Bonchev–Trinajstić information content (AvgIpc) is 2.95. The lowest BCUT2D eigenvalue weighted by Crippen LogP contribution is -2.27. The van der Waals surface area contributed by atoms with Crippen molar-refractivity contribution < 1.29 is 0 Å². The highest BCUT2D eigenvalue weighted by Gasteiger charge is 2.19. The molecule has 0 spiro atoms. The molecule has 0 aromatic carbocycles. The summed E-state index contributed by atoms with van der Waals surface area (Å²) in [5, 5.41) is 12.9. The molecule has 5 nitrogen and oxygen atoms in total. The minimum atomic E-state index is 0.0670. The summed E-state index contributed by atoms with van der Waals surface area (Å²) in [6.45, 7) is 5.57. The maximum atomic E-state index is 12.7. The van der Waals surface area contributed by atoms with Gasteiger partial charge in [-0.3, -0.25) is 4.79 Å². The van der Waals surface area contributed by atoms with Gasteiger partial charge < -0.3 is 9.88 Å². The summed E-state index contributed by atoms with van der Waals surface area (Å²) in [5.41, 5.74) is 3.28. The van der Waals surface area contributed by atoms with Crippen LogP contribution in [0.1, 0.15) is 37.9 Å². The van der Waals surface area contributed by atoms with Crippen LogP contribution in [0.15, 0.2) is 10.9 Å². The number of aromatic nitrogens is 3. The second-order valence-electron chi connectivity index (χ2n) is 5.23. The van der Waals surface area contributed by atoms with Crippen molar-refractivity contribution >= 4 is 16.5 Å². The van der Waals surface area contributed by atoms with Gasteiger partial charge in [0.1, 0.15) is 0 Å². The second kappa shape index (κ2) is 5.97. The molecule has 2 aromatic rings. The zero-order valence-electron chi connectivity index (χ0n) is 12.5. The molecule has 0 bridgehead atoms. The zero-order chi connectivity index (χ0) is 14.8. The predicted molar refractivity (Wildman–Crippen MR) is 86.1 cm³/mol. The molecule has 0 atom stereocenters. The van der Waals surface area contributed by atoms with Gasteiger partial charge in [0.05, 0.1) is 5.56 Å². The van der Waals surface area contributed by atoms with E-state index in [1.165, 1.54) is 35.4 Å². The predicted octanol–water partition coefficient (Wildman–Crippen LogP) is 2.70. The SMILES string of the molecule is CCNc1nnc(-c2cc3c(n(CC)c2=O)CCCC3)s1. The molecule has 2 heterocycles. The number of aryl methyl sites for hydroxylation is 1. The molecule has 0 unspecified atom stereocenters. The summed E-state index contributed by atoms with van der Waals surface area (Å²) in [4.78, 5) is 12.7. The first-order valence-corrected chi connectivity index (χ1v) is 8.39. The molecule has 1 aliphatic rings. The highest BCUT2D eigenvalue weighted by atomic mass is 32.1. The molecule has 0 saturated heterocycles. The highest BCUT2D eigenvalue weighted by molar-refractivity contribution is 7.18. The minimum Gasteiger partial charge on any atom is -0.360 e. The lowest BCUT2D eigenvalue weighted by Gasteiger charge is -2.21. The van der Waals surface area contributed by atoms with E-state index in [0.29, 0.717) is 17.1 Å². The topological polar surface area (TPSA) is 59.8 Å². The first-order valence-electron chi connectivity index (χ1n) is 7.58. The molecule has 21 heavy (non-hydrogen) atoms. The monoisotopic (exact) mass is 304 g/mol. The summed E-state index contributed by atoms with van der Waals surface area (Å²) in [6, 6.07) is 2.04. The summed E-state index contributed by atoms with van der Waals surface area (Å²) in [6.07, 6.45) is 4.45. The molecule has 1 aliphatic carbocycles. The van der Waals surface area contributed by atoms with Gasteiger partial charge in [0.15, 0.2) is 5.01 Å². The lowest BCUT2D eigenvalue weighted by molar-refractivity contribution is 0.592. The van der Waals surface area contributed by atoms with Gasteiger partial charge in [0.25, 0.3) is 5.56 Å². The molecule has 0 fully saturated rings. The maximum Gasteiger partial charge on any atom is 0.261 e. The molecule has 2 aromatic heterocycles. The standard InChI is InChI=1S/C15H20N4OS/c1-3-16-15-18-17-13(21-15)11-9-10-7-5-6-8-12(10)19(4-2)14(11)20/h9H,3-8H2,1-2H3,(H,16,18). The normalized spacial score (nSPS) is 14.0. The number of hydrogen-bond donors (Lipinski definition) is 1. The van der Waals surface area contributed by atoms with Gasteiger partial charge in [0.2, 0.25) is 5.13 Å². The van der Waals surface area contributed by atoms with Crippen molar-refractivity contribution in [2.75, 3.05) is 11.9 Å². The number of fused-ring (bicyclic) bond motifs is 1. The van der Waals surface area contributed by atoms with E-state index in [1.807, 2.05) is 24.5 Å². The Hall–Kier alpha value is -1.69. The van der Waals surface area contributed by atoms with E-state index in [2.05, 4.69) is 15.5 Å². The van der Waals surface area contributed by atoms with E-state index in [0.717, 1.165) is 24.5 Å². The Labute approximate surface area is 128 Å². The van der Waals surface area contributed by atoms with E-state index in [9.17, 15) is 4.79 Å². The van der Waals surface area contributed by atoms with E-state index in [-0.39, 0.29) is 5.56 Å². The van der Waals surface area contributed by atoms with Crippen LogP contribution in [0.25, 0.3) is 10.6 Å². The highest BCUT2D eigenvalue weighted by Crippen LogP contribution is 2.28. The van der Waals surface area contributed by atoms with Gasteiger partial charge in [0, 0.05) is 18.8 Å². The first-order chi connectivity index (χ1) is 10.2. The van der Waals surface area contributed by atoms with Crippen LogP contribution in [-0.4, -0.2) is 21.3 Å². The molecule has 0 amide bonds. The van der Waals surface area contributed by atoms with Crippen LogP contribution in [0.3, 0.4) is 0 Å². The van der Waals surface area contributed by atoms with Crippen molar-refractivity contribution in [1.29, 1.82) is 0 Å². The van der Waals surface area contributed by atoms with Crippen LogP contribution >= 0.6 is 11.3 Å². The molecule has 1 N–H and O–H groups in total. The van der Waals surface area contributed by atoms with Gasteiger partial charge in [-0.05, 0) is 51.2 Å². The fraction of sp³-hybridized carbons (Fsp3) is 0.533. The quantitative estimate of drug-likeness (QED) is 0.943. The van der Waals surface area contributed by atoms with Gasteiger partial charge in [-0.25, -0.2) is 0 Å². The summed E-state index contributed by atoms with van der Waals surface area (Å²) in [7, 11) is 0. The number of hydrogen-bond acceptors (Lipinski definition) is 5. The number of nitrogens with zero attached hydrogens (tertiary/aromatic N) is 3. The average molecular weight is 304 g/mol. The Morgan fingerprint density at radius 1 is 1.29 bits per heavy atom. The molecule has 112 valence electrons. The number of anilines is 1. The van der Waals surface area contributed by atoms with Crippen molar-refractivity contribution in [3.63, 3.8) is 0 Å². The number of nitrogens with one attached hydrogen (secondary N) is 1. The van der Waals surface area contributed by atoms with E-state index < -0.39 is 0 Å². The molecular weight excluding hydrogens is 284 g/mol. The molecule has 0 saturated carbocycles. The van der Waals surface area contributed by atoms with Crippen LogP contribution in [0.5, 0.6) is 0 Å². The largest absolute Gasteiger partial charge is 0.360 e.